The molecule has 2 N–H and O–H groups in total. The largest absolute Gasteiger partial charge is 0.497 e. The van der Waals surface area contributed by atoms with Crippen LogP contribution in [0.2, 0.25) is 0 Å². The van der Waals surface area contributed by atoms with Gasteiger partial charge in [-0.25, -0.2) is 0 Å². The molecule has 0 aliphatic rings. The van der Waals surface area contributed by atoms with Gasteiger partial charge in [0.1, 0.15) is 11.5 Å². The highest BCUT2D eigenvalue weighted by atomic mass is 79.9. The van der Waals surface area contributed by atoms with Crippen LogP contribution in [-0.4, -0.2) is 19.6 Å². The summed E-state index contributed by atoms with van der Waals surface area (Å²) in [6.07, 6.45) is 1.77. The van der Waals surface area contributed by atoms with Crippen LogP contribution in [0.4, 0.5) is 0 Å². The number of carbonyl (C=O) groups is 1. The second-order valence-electron chi connectivity index (χ2n) is 4.84. The number of primary amides is 1. The van der Waals surface area contributed by atoms with Gasteiger partial charge in [-0.2, -0.15) is 5.26 Å². The molecule has 0 atom stereocenters. The smallest absolute Gasteiger partial charge is 0.255 e. The number of hydrogen-bond acceptors (Lipinski definition) is 4. The van der Waals surface area contributed by atoms with E-state index in [4.69, 9.17) is 15.2 Å². The zero-order valence-corrected chi connectivity index (χ0v) is 14.5. The van der Waals surface area contributed by atoms with Crippen molar-refractivity contribution in [2.45, 2.75) is 0 Å². The molecule has 5 nitrogen and oxygen atoms in total. The third-order valence-electron chi connectivity index (χ3n) is 3.16. The Morgan fingerprint density at radius 1 is 1.29 bits per heavy atom. The fraction of sp³-hybridized carbons (Fsp3) is 0.111. The summed E-state index contributed by atoms with van der Waals surface area (Å²) in [4.78, 5) is 10.8. The van der Waals surface area contributed by atoms with Crippen molar-refractivity contribution in [1.82, 2.24) is 0 Å². The molecule has 0 fully saturated rings. The highest BCUT2D eigenvalue weighted by Gasteiger charge is 2.06. The van der Waals surface area contributed by atoms with Crippen LogP contribution in [0.15, 0.2) is 46.9 Å². The first-order valence-electron chi connectivity index (χ1n) is 7.00. The van der Waals surface area contributed by atoms with E-state index in [1.165, 1.54) is 0 Å². The number of rotatable bonds is 6. The molecular formula is C18H15BrN2O3. The second kappa shape index (κ2) is 8.18. The van der Waals surface area contributed by atoms with E-state index in [0.717, 1.165) is 16.9 Å². The number of amides is 1. The van der Waals surface area contributed by atoms with Gasteiger partial charge in [-0.15, -0.1) is 0 Å². The standard InChI is InChI=1S/C18H15BrN2O3/c1-23-15-5-3-13(4-6-15)14(10-20)8-12-2-7-17(16(19)9-12)24-11-18(21)22/h2-9H,11H2,1H3,(H2,21,22)/b14-8+. The van der Waals surface area contributed by atoms with Crippen LogP contribution >= 0.6 is 15.9 Å². The van der Waals surface area contributed by atoms with E-state index in [9.17, 15) is 10.1 Å². The Hall–Kier alpha value is -2.78. The van der Waals surface area contributed by atoms with Crippen molar-refractivity contribution in [2.24, 2.45) is 5.73 Å². The van der Waals surface area contributed by atoms with Crippen LogP contribution in [0.3, 0.4) is 0 Å². The molecular weight excluding hydrogens is 372 g/mol. The molecule has 0 aromatic heterocycles. The van der Waals surface area contributed by atoms with Crippen LogP contribution in [0, 0.1) is 11.3 Å². The van der Waals surface area contributed by atoms with Crippen molar-refractivity contribution in [1.29, 1.82) is 5.26 Å². The number of nitrogens with zero attached hydrogens (tertiary/aromatic N) is 1. The molecule has 122 valence electrons. The number of carbonyl (C=O) groups excluding carboxylic acids is 1. The van der Waals surface area contributed by atoms with Crippen molar-refractivity contribution in [3.05, 3.63) is 58.1 Å². The molecule has 2 aromatic rings. The number of nitriles is 1. The first-order valence-corrected chi connectivity index (χ1v) is 7.79. The number of methoxy groups -OCH3 is 1. The van der Waals surface area contributed by atoms with Crippen LogP contribution in [0.5, 0.6) is 11.5 Å². The maximum Gasteiger partial charge on any atom is 0.255 e. The van der Waals surface area contributed by atoms with Crippen LogP contribution in [-0.2, 0) is 4.79 Å². The number of benzene rings is 2. The van der Waals surface area contributed by atoms with Crippen molar-refractivity contribution >= 4 is 33.5 Å². The summed E-state index contributed by atoms with van der Waals surface area (Å²) in [5.74, 6) is 0.695. The van der Waals surface area contributed by atoms with Gasteiger partial charge in [0, 0.05) is 0 Å². The minimum atomic E-state index is -0.544. The summed E-state index contributed by atoms with van der Waals surface area (Å²) >= 11 is 3.38. The predicted octanol–water partition coefficient (Wildman–Crippen LogP) is 3.39. The number of nitrogens with two attached hydrogens (primary N) is 1. The Balaban J connectivity index is 2.25. The SMILES string of the molecule is COc1ccc(/C(C#N)=C/c2ccc(OCC(N)=O)c(Br)c2)cc1. The van der Waals surface area contributed by atoms with Crippen molar-refractivity contribution in [3.8, 4) is 17.6 Å². The fourth-order valence-electron chi connectivity index (χ4n) is 1.99. The van der Waals surface area contributed by atoms with E-state index in [-0.39, 0.29) is 6.61 Å². The lowest BCUT2D eigenvalue weighted by molar-refractivity contribution is -0.119. The van der Waals surface area contributed by atoms with E-state index in [0.29, 0.717) is 15.8 Å². The van der Waals surface area contributed by atoms with Gasteiger partial charge in [0.2, 0.25) is 0 Å². The fourth-order valence-corrected chi connectivity index (χ4v) is 2.50. The molecule has 2 aromatic carbocycles. The third kappa shape index (κ3) is 4.61. The molecule has 0 aliphatic carbocycles. The first kappa shape index (κ1) is 17.6. The lowest BCUT2D eigenvalue weighted by Crippen LogP contribution is -2.20. The Morgan fingerprint density at radius 2 is 2.00 bits per heavy atom. The van der Waals surface area contributed by atoms with Crippen LogP contribution < -0.4 is 15.2 Å². The molecule has 0 saturated carbocycles. The highest BCUT2D eigenvalue weighted by Crippen LogP contribution is 2.28. The molecule has 6 heteroatoms. The van der Waals surface area contributed by atoms with E-state index in [1.54, 1.807) is 43.5 Å². The topological polar surface area (TPSA) is 85.3 Å². The van der Waals surface area contributed by atoms with E-state index in [2.05, 4.69) is 22.0 Å². The molecule has 0 radical (unpaired) electrons. The Morgan fingerprint density at radius 3 is 2.54 bits per heavy atom. The molecule has 1 amide bonds. The van der Waals surface area contributed by atoms with Gasteiger partial charge in [0.25, 0.3) is 5.91 Å². The lowest BCUT2D eigenvalue weighted by Gasteiger charge is -2.07. The van der Waals surface area contributed by atoms with E-state index >= 15 is 0 Å². The second-order valence-corrected chi connectivity index (χ2v) is 5.70. The number of allylic oxidation sites excluding steroid dienone is 1. The molecule has 0 aliphatic heterocycles. The average Bonchev–Trinajstić information content (AvgIpc) is 2.59. The van der Waals surface area contributed by atoms with E-state index < -0.39 is 5.91 Å². The van der Waals surface area contributed by atoms with E-state index in [1.807, 2.05) is 12.1 Å². The van der Waals surface area contributed by atoms with Gasteiger partial charge in [-0.1, -0.05) is 6.07 Å². The summed E-state index contributed by atoms with van der Waals surface area (Å²) in [7, 11) is 1.59. The predicted molar refractivity (Wildman–Crippen MR) is 95.3 cm³/mol. The lowest BCUT2D eigenvalue weighted by atomic mass is 10.0. The van der Waals surface area contributed by atoms with Gasteiger partial charge >= 0.3 is 0 Å². The van der Waals surface area contributed by atoms with Crippen molar-refractivity contribution < 1.29 is 14.3 Å². The molecule has 0 saturated heterocycles. The van der Waals surface area contributed by atoms with Crippen LogP contribution in [0.25, 0.3) is 11.6 Å². The molecule has 24 heavy (non-hydrogen) atoms. The summed E-state index contributed by atoms with van der Waals surface area (Å²) in [5, 5.41) is 9.40. The van der Waals surface area contributed by atoms with Crippen molar-refractivity contribution in [3.63, 3.8) is 0 Å². The highest BCUT2D eigenvalue weighted by molar-refractivity contribution is 9.10. The van der Waals surface area contributed by atoms with Gasteiger partial charge in [-0.3, -0.25) is 4.79 Å². The third-order valence-corrected chi connectivity index (χ3v) is 3.78. The zero-order valence-electron chi connectivity index (χ0n) is 13.0. The first-order chi connectivity index (χ1) is 11.5. The minimum Gasteiger partial charge on any atom is -0.497 e. The Labute approximate surface area is 148 Å². The minimum absolute atomic E-state index is 0.191. The maximum atomic E-state index is 10.8. The van der Waals surface area contributed by atoms with Crippen LogP contribution in [0.1, 0.15) is 11.1 Å². The number of ether oxygens (including phenoxy) is 2. The molecule has 0 bridgehead atoms. The van der Waals surface area contributed by atoms with Crippen molar-refractivity contribution in [2.75, 3.05) is 13.7 Å². The van der Waals surface area contributed by atoms with Gasteiger partial charge in [0.15, 0.2) is 6.61 Å². The summed E-state index contributed by atoms with van der Waals surface area (Å²) in [5.41, 5.74) is 7.19. The van der Waals surface area contributed by atoms with Gasteiger partial charge in [0.05, 0.1) is 23.2 Å². The number of hydrogen-bond donors (Lipinski definition) is 1. The average molecular weight is 387 g/mol. The quantitative estimate of drug-likeness (QED) is 0.608. The van der Waals surface area contributed by atoms with Gasteiger partial charge < -0.3 is 15.2 Å². The maximum absolute atomic E-state index is 10.8. The Bertz CT molecular complexity index is 808. The normalized spacial score (nSPS) is 10.8. The summed E-state index contributed by atoms with van der Waals surface area (Å²) in [6.45, 7) is -0.191. The molecule has 0 spiro atoms. The monoisotopic (exact) mass is 386 g/mol. The number of halogens is 1. The Kier molecular flexibility index (Phi) is 5.99. The summed E-state index contributed by atoms with van der Waals surface area (Å²) < 4.78 is 11.1. The molecule has 2 rings (SSSR count). The summed E-state index contributed by atoms with van der Waals surface area (Å²) in [6, 6.07) is 14.8. The molecule has 0 heterocycles. The molecule has 0 unspecified atom stereocenters. The van der Waals surface area contributed by atoms with Gasteiger partial charge in [-0.05, 0) is 69.5 Å². The zero-order chi connectivity index (χ0) is 17.5.